The fourth-order valence-corrected chi connectivity index (χ4v) is 1.98. The average molecular weight is 558 g/mol. The molecule has 2 N–H and O–H groups in total. The summed E-state index contributed by atoms with van der Waals surface area (Å²) in [7, 11) is 0. The Morgan fingerprint density at radius 2 is 0.886 bits per heavy atom. The third-order valence-electron chi connectivity index (χ3n) is 4.09. The van der Waals surface area contributed by atoms with Gasteiger partial charge in [0.1, 0.15) is 0 Å². The number of rotatable bonds is 12. The lowest BCUT2D eigenvalue weighted by Crippen LogP contribution is -2.73. The molecule has 210 valence electrons. The van der Waals surface area contributed by atoms with E-state index in [1.54, 1.807) is 0 Å². The van der Waals surface area contributed by atoms with Crippen LogP contribution in [0.15, 0.2) is 0 Å². The van der Waals surface area contributed by atoms with Crippen LogP contribution in [0, 0.1) is 0 Å². The highest BCUT2D eigenvalue weighted by Gasteiger charge is 2.94. The highest BCUT2D eigenvalue weighted by molar-refractivity contribution is 5.77. The van der Waals surface area contributed by atoms with Crippen molar-refractivity contribution in [2.75, 3.05) is 0 Å². The van der Waals surface area contributed by atoms with Gasteiger partial charge in [-0.2, -0.15) is 65.9 Å². The third-order valence-corrected chi connectivity index (χ3v) is 4.09. The van der Waals surface area contributed by atoms with Gasteiger partial charge in [0.25, 0.3) is 0 Å². The SMILES string of the molecule is CCCCCCCC(=O)O.O=C(O)C(F)(F)C(F)(F)C(F)(F)C(F)(F)C(F)(F)C(F)(F)C(F)(F)F. The Balaban J connectivity index is 0. The van der Waals surface area contributed by atoms with Gasteiger partial charge in [-0.3, -0.25) is 4.79 Å². The van der Waals surface area contributed by atoms with Gasteiger partial charge in [-0.15, -0.1) is 0 Å². The van der Waals surface area contributed by atoms with Crippen molar-refractivity contribution in [3.05, 3.63) is 0 Å². The summed E-state index contributed by atoms with van der Waals surface area (Å²) in [6, 6.07) is 0. The van der Waals surface area contributed by atoms with Crippen LogP contribution in [0.25, 0.3) is 0 Å². The first-order chi connectivity index (χ1) is 15.2. The second kappa shape index (κ2) is 11.3. The minimum Gasteiger partial charge on any atom is -0.481 e. The molecular formula is C16H17F15O4. The first-order valence-corrected chi connectivity index (χ1v) is 9.00. The number of halogens is 15. The maximum Gasteiger partial charge on any atom is 0.460 e. The maximum atomic E-state index is 12.8. The fourth-order valence-electron chi connectivity index (χ4n) is 1.98. The van der Waals surface area contributed by atoms with Gasteiger partial charge in [0, 0.05) is 6.42 Å². The molecule has 0 rings (SSSR count). The van der Waals surface area contributed by atoms with Crippen molar-refractivity contribution < 1.29 is 85.7 Å². The van der Waals surface area contributed by atoms with Crippen molar-refractivity contribution >= 4 is 11.9 Å². The first-order valence-electron chi connectivity index (χ1n) is 9.00. The molecule has 0 aliphatic heterocycles. The predicted octanol–water partition coefficient (Wildman–Crippen LogP) is 6.88. The molecule has 0 fully saturated rings. The van der Waals surface area contributed by atoms with Crippen molar-refractivity contribution in [3.8, 4) is 0 Å². The average Bonchev–Trinajstić information content (AvgIpc) is 2.66. The number of hydrogen-bond donors (Lipinski definition) is 2. The zero-order valence-electron chi connectivity index (χ0n) is 17.1. The van der Waals surface area contributed by atoms with E-state index in [0.29, 0.717) is 6.42 Å². The second-order valence-corrected chi connectivity index (χ2v) is 6.81. The van der Waals surface area contributed by atoms with Gasteiger partial charge < -0.3 is 10.2 Å². The molecule has 0 radical (unpaired) electrons. The number of carboxylic acid groups (broad SMARTS) is 2. The van der Waals surface area contributed by atoms with Crippen molar-refractivity contribution in [2.24, 2.45) is 0 Å². The summed E-state index contributed by atoms with van der Waals surface area (Å²) in [5.41, 5.74) is 0. The zero-order chi connectivity index (χ0) is 28.9. The number of alkyl halides is 15. The highest BCUT2D eigenvalue weighted by Crippen LogP contribution is 2.62. The molecule has 0 spiro atoms. The highest BCUT2D eigenvalue weighted by atomic mass is 19.4. The van der Waals surface area contributed by atoms with Gasteiger partial charge in [-0.05, 0) is 6.42 Å². The molecule has 35 heavy (non-hydrogen) atoms. The minimum absolute atomic E-state index is 0.337. The van der Waals surface area contributed by atoms with Crippen LogP contribution in [0.4, 0.5) is 65.9 Å². The molecule has 0 aromatic carbocycles. The number of hydrogen-bond acceptors (Lipinski definition) is 2. The lowest BCUT2D eigenvalue weighted by atomic mass is 9.91. The molecule has 4 nitrogen and oxygen atoms in total. The lowest BCUT2D eigenvalue weighted by molar-refractivity contribution is -0.450. The monoisotopic (exact) mass is 558 g/mol. The topological polar surface area (TPSA) is 74.6 Å². The summed E-state index contributed by atoms with van der Waals surface area (Å²) in [5.74, 6) is -53.5. The molecule has 0 saturated heterocycles. The van der Waals surface area contributed by atoms with Crippen LogP contribution < -0.4 is 0 Å². The van der Waals surface area contributed by atoms with E-state index in [9.17, 15) is 75.4 Å². The molecule has 0 saturated carbocycles. The summed E-state index contributed by atoms with van der Waals surface area (Å²) in [6.45, 7) is 2.15. The largest absolute Gasteiger partial charge is 0.481 e. The van der Waals surface area contributed by atoms with E-state index in [2.05, 4.69) is 6.92 Å². The van der Waals surface area contributed by atoms with Crippen LogP contribution >= 0.6 is 0 Å². The molecule has 0 atom stereocenters. The Morgan fingerprint density at radius 1 is 0.543 bits per heavy atom. The predicted molar refractivity (Wildman–Crippen MR) is 84.4 cm³/mol. The van der Waals surface area contributed by atoms with Crippen molar-refractivity contribution in [2.45, 2.75) is 87.2 Å². The Morgan fingerprint density at radius 3 is 1.20 bits per heavy atom. The van der Waals surface area contributed by atoms with Crippen LogP contribution in [0.5, 0.6) is 0 Å². The van der Waals surface area contributed by atoms with Gasteiger partial charge in [-0.1, -0.05) is 32.6 Å². The van der Waals surface area contributed by atoms with E-state index in [1.165, 1.54) is 19.3 Å². The minimum atomic E-state index is -8.47. The maximum absolute atomic E-state index is 12.8. The van der Waals surface area contributed by atoms with E-state index in [4.69, 9.17) is 10.2 Å². The van der Waals surface area contributed by atoms with Crippen LogP contribution in [0.3, 0.4) is 0 Å². The summed E-state index contributed by atoms with van der Waals surface area (Å²) < 4.78 is 187. The Labute approximate surface area is 186 Å². The van der Waals surface area contributed by atoms with E-state index >= 15 is 0 Å². The Kier molecular flexibility index (Phi) is 11.3. The van der Waals surface area contributed by atoms with Crippen LogP contribution in [0.2, 0.25) is 0 Å². The van der Waals surface area contributed by atoms with E-state index < -0.39 is 53.7 Å². The summed E-state index contributed by atoms with van der Waals surface area (Å²) in [5, 5.41) is 15.8. The molecule has 0 aliphatic rings. The van der Waals surface area contributed by atoms with Crippen molar-refractivity contribution in [1.82, 2.24) is 0 Å². The van der Waals surface area contributed by atoms with E-state index in [0.717, 1.165) is 12.8 Å². The molecule has 0 aromatic heterocycles. The van der Waals surface area contributed by atoms with Crippen LogP contribution in [0.1, 0.15) is 45.4 Å². The standard InChI is InChI=1S/C8HF15O2.C8H16O2/c9-2(10,1(24)25)3(11,12)4(13,14)5(15,16)6(17,18)7(19,20)8(21,22)23;1-2-3-4-5-6-7-8(9)10/h(H,24,25);2-7H2,1H3,(H,9,10). The van der Waals surface area contributed by atoms with Gasteiger partial charge >= 0.3 is 53.7 Å². The summed E-state index contributed by atoms with van der Waals surface area (Å²) in [4.78, 5) is 19.8. The van der Waals surface area contributed by atoms with Crippen LogP contribution in [-0.2, 0) is 9.59 Å². The van der Waals surface area contributed by atoms with Crippen LogP contribution in [-0.4, -0.2) is 63.9 Å². The summed E-state index contributed by atoms with van der Waals surface area (Å²) in [6.07, 6.45) is -1.81. The number of aliphatic carboxylic acids is 2. The van der Waals surface area contributed by atoms with E-state index in [1.807, 2.05) is 0 Å². The second-order valence-electron chi connectivity index (χ2n) is 6.81. The van der Waals surface area contributed by atoms with Crippen molar-refractivity contribution in [1.29, 1.82) is 0 Å². The molecule has 0 aromatic rings. The normalized spacial score (nSPS) is 14.3. The number of carboxylic acids is 2. The van der Waals surface area contributed by atoms with Gasteiger partial charge in [0.05, 0.1) is 0 Å². The van der Waals surface area contributed by atoms with Crippen molar-refractivity contribution in [3.63, 3.8) is 0 Å². The smallest absolute Gasteiger partial charge is 0.460 e. The van der Waals surface area contributed by atoms with Gasteiger partial charge in [-0.25, -0.2) is 4.79 Å². The molecule has 0 amide bonds. The number of carbonyl (C=O) groups is 2. The Bertz CT molecular complexity index is 716. The third kappa shape index (κ3) is 6.77. The molecular weight excluding hydrogens is 541 g/mol. The fraction of sp³-hybridized carbons (Fsp3) is 0.875. The number of unbranched alkanes of at least 4 members (excludes halogenated alkanes) is 4. The van der Waals surface area contributed by atoms with Gasteiger partial charge in [0.15, 0.2) is 0 Å². The first kappa shape index (κ1) is 35.1. The van der Waals surface area contributed by atoms with Gasteiger partial charge in [0.2, 0.25) is 0 Å². The molecule has 0 bridgehead atoms. The Hall–Kier alpha value is -2.11. The van der Waals surface area contributed by atoms with E-state index in [-0.39, 0.29) is 0 Å². The molecule has 0 unspecified atom stereocenters. The molecule has 19 heteroatoms. The summed E-state index contributed by atoms with van der Waals surface area (Å²) >= 11 is 0. The molecule has 0 heterocycles. The zero-order valence-corrected chi connectivity index (χ0v) is 17.1. The lowest BCUT2D eigenvalue weighted by Gasteiger charge is -2.40. The molecule has 0 aliphatic carbocycles. The quantitative estimate of drug-likeness (QED) is 0.203.